The van der Waals surface area contributed by atoms with Gasteiger partial charge in [-0.25, -0.2) is 0 Å². The molecule has 0 radical (unpaired) electrons. The Morgan fingerprint density at radius 3 is 2.48 bits per heavy atom. The molecule has 1 fully saturated rings. The van der Waals surface area contributed by atoms with Crippen molar-refractivity contribution in [2.45, 2.75) is 33.2 Å². The van der Waals surface area contributed by atoms with Crippen molar-refractivity contribution >= 4 is 11.7 Å². The lowest BCUT2D eigenvalue weighted by atomic mass is 9.61. The first-order valence-electron chi connectivity index (χ1n) is 7.18. The number of nitrogens with two attached hydrogens (primary N) is 1. The Bertz CT molecular complexity index is 545. The van der Waals surface area contributed by atoms with Crippen LogP contribution in [0.25, 0.3) is 0 Å². The SMILES string of the molecule is Cc1ccc(CN(C)C(=O)C2(/C(N)=N/O)CC(C)C2)cc1. The number of amidine groups is 1. The molecule has 1 aliphatic carbocycles. The highest BCUT2D eigenvalue weighted by molar-refractivity contribution is 6.07. The molecule has 1 saturated carbocycles. The summed E-state index contributed by atoms with van der Waals surface area (Å²) in [6.45, 7) is 4.62. The fourth-order valence-corrected chi connectivity index (χ4v) is 3.12. The highest BCUT2D eigenvalue weighted by Crippen LogP contribution is 2.47. The molecule has 1 aliphatic rings. The number of carbonyl (C=O) groups is 1. The van der Waals surface area contributed by atoms with Gasteiger partial charge in [0.15, 0.2) is 5.84 Å². The molecule has 2 rings (SSSR count). The van der Waals surface area contributed by atoms with E-state index in [0.29, 0.717) is 25.3 Å². The Hall–Kier alpha value is -2.04. The average Bonchev–Trinajstić information content (AvgIpc) is 2.44. The third-order valence-electron chi connectivity index (χ3n) is 4.29. The van der Waals surface area contributed by atoms with Crippen LogP contribution in [0.4, 0.5) is 0 Å². The van der Waals surface area contributed by atoms with Gasteiger partial charge in [0.05, 0.1) is 0 Å². The highest BCUT2D eigenvalue weighted by atomic mass is 16.4. The lowest BCUT2D eigenvalue weighted by Crippen LogP contribution is -2.56. The second-order valence-corrected chi connectivity index (χ2v) is 6.23. The van der Waals surface area contributed by atoms with Crippen LogP contribution in [0, 0.1) is 18.3 Å². The minimum atomic E-state index is -0.826. The van der Waals surface area contributed by atoms with Crippen molar-refractivity contribution in [3.63, 3.8) is 0 Å². The summed E-state index contributed by atoms with van der Waals surface area (Å²) in [6.07, 6.45) is 1.28. The zero-order valence-electron chi connectivity index (χ0n) is 12.8. The normalized spacial score (nSPS) is 25.3. The fourth-order valence-electron chi connectivity index (χ4n) is 3.12. The molecular weight excluding hydrogens is 266 g/mol. The minimum absolute atomic E-state index is 0.0290. The largest absolute Gasteiger partial charge is 0.409 e. The van der Waals surface area contributed by atoms with Crippen LogP contribution in [0.5, 0.6) is 0 Å². The second kappa shape index (κ2) is 5.76. The summed E-state index contributed by atoms with van der Waals surface area (Å²) in [5, 5.41) is 12.1. The molecule has 1 aromatic rings. The number of aryl methyl sites for hydroxylation is 1. The third-order valence-corrected chi connectivity index (χ3v) is 4.29. The van der Waals surface area contributed by atoms with Gasteiger partial charge < -0.3 is 15.8 Å². The Labute approximate surface area is 125 Å². The van der Waals surface area contributed by atoms with E-state index in [0.717, 1.165) is 5.56 Å². The van der Waals surface area contributed by atoms with Crippen LogP contribution in [-0.4, -0.2) is 28.9 Å². The number of hydrogen-bond acceptors (Lipinski definition) is 3. The van der Waals surface area contributed by atoms with E-state index in [-0.39, 0.29) is 11.7 Å². The first-order chi connectivity index (χ1) is 9.89. The Kier molecular flexibility index (Phi) is 4.21. The molecule has 0 heterocycles. The first kappa shape index (κ1) is 15.4. The van der Waals surface area contributed by atoms with Gasteiger partial charge >= 0.3 is 0 Å². The van der Waals surface area contributed by atoms with E-state index in [4.69, 9.17) is 10.9 Å². The van der Waals surface area contributed by atoms with Gasteiger partial charge in [-0.05, 0) is 31.2 Å². The number of amides is 1. The molecule has 0 aliphatic heterocycles. The van der Waals surface area contributed by atoms with Crippen LogP contribution in [-0.2, 0) is 11.3 Å². The maximum Gasteiger partial charge on any atom is 0.236 e. The molecule has 5 heteroatoms. The number of benzene rings is 1. The van der Waals surface area contributed by atoms with Gasteiger partial charge in [-0.15, -0.1) is 0 Å². The van der Waals surface area contributed by atoms with E-state index in [1.165, 1.54) is 5.56 Å². The summed E-state index contributed by atoms with van der Waals surface area (Å²) in [6, 6.07) is 8.08. The summed E-state index contributed by atoms with van der Waals surface area (Å²) in [7, 11) is 1.76. The number of rotatable bonds is 4. The smallest absolute Gasteiger partial charge is 0.236 e. The van der Waals surface area contributed by atoms with Crippen molar-refractivity contribution in [3.05, 3.63) is 35.4 Å². The number of hydrogen-bond donors (Lipinski definition) is 2. The minimum Gasteiger partial charge on any atom is -0.409 e. The lowest BCUT2D eigenvalue weighted by molar-refractivity contribution is -0.143. The number of nitrogens with zero attached hydrogens (tertiary/aromatic N) is 2. The van der Waals surface area contributed by atoms with E-state index in [9.17, 15) is 4.79 Å². The van der Waals surface area contributed by atoms with Gasteiger partial charge in [0.2, 0.25) is 5.91 Å². The Morgan fingerprint density at radius 1 is 1.43 bits per heavy atom. The fraction of sp³-hybridized carbons (Fsp3) is 0.500. The summed E-state index contributed by atoms with van der Waals surface area (Å²) in [5.41, 5.74) is 7.21. The summed E-state index contributed by atoms with van der Waals surface area (Å²) in [4.78, 5) is 14.4. The second-order valence-electron chi connectivity index (χ2n) is 6.23. The number of oxime groups is 1. The van der Waals surface area contributed by atoms with E-state index in [1.807, 2.05) is 31.2 Å². The topological polar surface area (TPSA) is 78.9 Å². The van der Waals surface area contributed by atoms with Gasteiger partial charge in [0, 0.05) is 13.6 Å². The van der Waals surface area contributed by atoms with Crippen molar-refractivity contribution in [1.29, 1.82) is 0 Å². The molecule has 0 saturated heterocycles. The Balaban J connectivity index is 2.12. The van der Waals surface area contributed by atoms with Gasteiger partial charge in [0.1, 0.15) is 5.41 Å². The van der Waals surface area contributed by atoms with E-state index < -0.39 is 5.41 Å². The molecule has 21 heavy (non-hydrogen) atoms. The van der Waals surface area contributed by atoms with Gasteiger partial charge in [-0.2, -0.15) is 0 Å². The Morgan fingerprint density at radius 2 is 2.00 bits per heavy atom. The summed E-state index contributed by atoms with van der Waals surface area (Å²) in [5.74, 6) is 0.375. The molecule has 114 valence electrons. The predicted molar refractivity (Wildman–Crippen MR) is 81.9 cm³/mol. The van der Waals surface area contributed by atoms with Crippen molar-refractivity contribution in [1.82, 2.24) is 4.90 Å². The van der Waals surface area contributed by atoms with Crippen LogP contribution in [0.3, 0.4) is 0 Å². The van der Waals surface area contributed by atoms with Crippen LogP contribution in [0.2, 0.25) is 0 Å². The highest BCUT2D eigenvalue weighted by Gasteiger charge is 2.53. The van der Waals surface area contributed by atoms with Crippen molar-refractivity contribution in [2.24, 2.45) is 22.2 Å². The molecule has 0 spiro atoms. The lowest BCUT2D eigenvalue weighted by Gasteiger charge is -2.45. The standard InChI is InChI=1S/C16H23N3O2/c1-11-4-6-13(7-5-11)10-19(3)15(20)16(14(17)18-21)8-12(2)9-16/h4-7,12,21H,8-10H2,1-3H3,(H2,17,18). The zero-order valence-corrected chi connectivity index (χ0v) is 12.8. The van der Waals surface area contributed by atoms with Crippen LogP contribution in [0.1, 0.15) is 30.9 Å². The maximum atomic E-state index is 12.7. The number of carbonyl (C=O) groups excluding carboxylic acids is 1. The molecule has 5 nitrogen and oxygen atoms in total. The summed E-state index contributed by atoms with van der Waals surface area (Å²) < 4.78 is 0. The predicted octanol–water partition coefficient (Wildman–Crippen LogP) is 2.12. The molecule has 0 bridgehead atoms. The first-order valence-corrected chi connectivity index (χ1v) is 7.18. The van der Waals surface area contributed by atoms with E-state index in [1.54, 1.807) is 11.9 Å². The molecule has 1 aromatic carbocycles. The van der Waals surface area contributed by atoms with Gasteiger partial charge in [-0.3, -0.25) is 4.79 Å². The van der Waals surface area contributed by atoms with E-state index >= 15 is 0 Å². The van der Waals surface area contributed by atoms with Gasteiger partial charge in [-0.1, -0.05) is 41.9 Å². The average molecular weight is 289 g/mol. The quantitative estimate of drug-likeness (QED) is 0.386. The van der Waals surface area contributed by atoms with Crippen molar-refractivity contribution in [2.75, 3.05) is 7.05 Å². The molecule has 1 amide bonds. The molecular formula is C16H23N3O2. The molecule has 3 N–H and O–H groups in total. The molecule has 0 atom stereocenters. The van der Waals surface area contributed by atoms with Crippen LogP contribution < -0.4 is 5.73 Å². The van der Waals surface area contributed by atoms with Gasteiger partial charge in [0.25, 0.3) is 0 Å². The monoisotopic (exact) mass is 289 g/mol. The molecule has 0 unspecified atom stereocenters. The van der Waals surface area contributed by atoms with Crippen molar-refractivity contribution in [3.8, 4) is 0 Å². The maximum absolute atomic E-state index is 12.7. The van der Waals surface area contributed by atoms with Crippen molar-refractivity contribution < 1.29 is 10.0 Å². The summed E-state index contributed by atoms with van der Waals surface area (Å²) >= 11 is 0. The molecule has 0 aromatic heterocycles. The zero-order chi connectivity index (χ0) is 15.6. The van der Waals surface area contributed by atoms with E-state index in [2.05, 4.69) is 12.1 Å². The van der Waals surface area contributed by atoms with Crippen LogP contribution >= 0.6 is 0 Å². The van der Waals surface area contributed by atoms with Crippen LogP contribution in [0.15, 0.2) is 29.4 Å². The third kappa shape index (κ3) is 2.86.